The van der Waals surface area contributed by atoms with Crippen molar-refractivity contribution in [3.63, 3.8) is 0 Å². The maximum Gasteiger partial charge on any atom is 0.108 e. The van der Waals surface area contributed by atoms with E-state index in [1.807, 2.05) is 0 Å². The van der Waals surface area contributed by atoms with Gasteiger partial charge in [0.05, 0.1) is 5.69 Å². The van der Waals surface area contributed by atoms with Crippen LogP contribution in [-0.2, 0) is 6.54 Å². The molecule has 0 saturated carbocycles. The molecule has 0 aliphatic heterocycles. The summed E-state index contributed by atoms with van der Waals surface area (Å²) >= 11 is 3.21. The summed E-state index contributed by atoms with van der Waals surface area (Å²) in [5, 5.41) is 0. The van der Waals surface area contributed by atoms with Gasteiger partial charge in [-0.2, -0.15) is 0 Å². The highest BCUT2D eigenvalue weighted by Gasteiger charge is 1.94. The van der Waals surface area contributed by atoms with Gasteiger partial charge in [0.2, 0.25) is 0 Å². The molecule has 0 spiro atoms. The van der Waals surface area contributed by atoms with Crippen molar-refractivity contribution in [2.24, 2.45) is 5.73 Å². The molecular weight excluding hydrogens is 194 g/mol. The molecule has 3 nitrogen and oxygen atoms in total. The van der Waals surface area contributed by atoms with E-state index in [1.54, 1.807) is 12.1 Å². The van der Waals surface area contributed by atoms with Gasteiger partial charge in [-0.1, -0.05) is 0 Å². The average Bonchev–Trinajstić information content (AvgIpc) is 1.85. The number of pyridine rings is 1. The van der Waals surface area contributed by atoms with Crippen LogP contribution >= 0.6 is 15.9 Å². The second-order valence-corrected chi connectivity index (χ2v) is 2.73. The summed E-state index contributed by atoms with van der Waals surface area (Å²) in [4.78, 5) is 4.06. The highest BCUT2D eigenvalue weighted by atomic mass is 79.9. The lowest BCUT2D eigenvalue weighted by Gasteiger charge is -1.98. The van der Waals surface area contributed by atoms with Crippen LogP contribution in [0.15, 0.2) is 16.7 Å². The van der Waals surface area contributed by atoms with Crippen molar-refractivity contribution >= 4 is 21.6 Å². The summed E-state index contributed by atoms with van der Waals surface area (Å²) in [6.07, 6.45) is 0. The molecule has 0 radical (unpaired) electrons. The van der Waals surface area contributed by atoms with Crippen molar-refractivity contribution in [3.05, 3.63) is 22.4 Å². The zero-order valence-electron chi connectivity index (χ0n) is 5.34. The summed E-state index contributed by atoms with van der Waals surface area (Å²) in [5.74, 6) is 0. The first-order valence-corrected chi connectivity index (χ1v) is 3.63. The highest BCUT2D eigenvalue weighted by molar-refractivity contribution is 9.10. The Morgan fingerprint density at radius 1 is 1.50 bits per heavy atom. The molecule has 1 heterocycles. The van der Waals surface area contributed by atoms with Crippen LogP contribution in [0.25, 0.3) is 0 Å². The van der Waals surface area contributed by atoms with Crippen molar-refractivity contribution in [2.45, 2.75) is 6.54 Å². The van der Waals surface area contributed by atoms with E-state index in [1.165, 1.54) is 0 Å². The molecule has 0 aliphatic rings. The summed E-state index contributed by atoms with van der Waals surface area (Å²) in [5.41, 5.74) is 12.3. The fourth-order valence-corrected chi connectivity index (χ4v) is 1.17. The molecule has 10 heavy (non-hydrogen) atoms. The minimum Gasteiger partial charge on any atom is -0.399 e. The van der Waals surface area contributed by atoms with E-state index < -0.39 is 0 Å². The van der Waals surface area contributed by atoms with Crippen LogP contribution in [0.3, 0.4) is 0 Å². The van der Waals surface area contributed by atoms with Gasteiger partial charge in [0.1, 0.15) is 4.60 Å². The Bertz CT molecular complexity index is 216. The Morgan fingerprint density at radius 3 is 2.70 bits per heavy atom. The first-order valence-electron chi connectivity index (χ1n) is 2.84. The molecule has 54 valence electrons. The Balaban J connectivity index is 3.06. The highest BCUT2D eigenvalue weighted by Crippen LogP contribution is 2.12. The molecule has 0 bridgehead atoms. The number of anilines is 1. The molecule has 0 amide bonds. The summed E-state index contributed by atoms with van der Waals surface area (Å²) in [6, 6.07) is 3.49. The third-order valence-electron chi connectivity index (χ3n) is 1.08. The van der Waals surface area contributed by atoms with Crippen LogP contribution in [0.5, 0.6) is 0 Å². The summed E-state index contributed by atoms with van der Waals surface area (Å²) < 4.78 is 0.730. The number of aromatic nitrogens is 1. The third kappa shape index (κ3) is 1.68. The largest absolute Gasteiger partial charge is 0.399 e. The van der Waals surface area contributed by atoms with Crippen molar-refractivity contribution in [1.29, 1.82) is 0 Å². The average molecular weight is 202 g/mol. The lowest BCUT2D eigenvalue weighted by Crippen LogP contribution is -2.00. The van der Waals surface area contributed by atoms with Crippen LogP contribution < -0.4 is 11.5 Å². The van der Waals surface area contributed by atoms with Crippen LogP contribution in [0.2, 0.25) is 0 Å². The molecule has 4 heteroatoms. The van der Waals surface area contributed by atoms with Gasteiger partial charge in [-0.3, -0.25) is 0 Å². The lowest BCUT2D eigenvalue weighted by atomic mass is 10.3. The molecule has 0 aliphatic carbocycles. The zero-order valence-corrected chi connectivity index (χ0v) is 6.93. The normalized spacial score (nSPS) is 9.80. The maximum atomic E-state index is 5.51. The maximum absolute atomic E-state index is 5.51. The van der Waals surface area contributed by atoms with Crippen molar-refractivity contribution < 1.29 is 0 Å². The standard InChI is InChI=1S/C6H8BrN3/c7-6-2-4(9)1-5(3-8)10-6/h1-2H,3,8H2,(H2,9,10). The van der Waals surface area contributed by atoms with E-state index in [-0.39, 0.29) is 0 Å². The Morgan fingerprint density at radius 2 is 2.20 bits per heavy atom. The van der Waals surface area contributed by atoms with E-state index in [2.05, 4.69) is 20.9 Å². The van der Waals surface area contributed by atoms with Crippen LogP contribution in [0, 0.1) is 0 Å². The molecule has 0 saturated heterocycles. The van der Waals surface area contributed by atoms with E-state index in [0.717, 1.165) is 10.3 Å². The minimum atomic E-state index is 0.420. The lowest BCUT2D eigenvalue weighted by molar-refractivity contribution is 0.982. The molecule has 0 fully saturated rings. The van der Waals surface area contributed by atoms with Gasteiger partial charge in [0, 0.05) is 12.2 Å². The molecule has 0 unspecified atom stereocenters. The summed E-state index contributed by atoms with van der Waals surface area (Å²) in [7, 11) is 0. The van der Waals surface area contributed by atoms with Crippen molar-refractivity contribution in [2.75, 3.05) is 5.73 Å². The SMILES string of the molecule is NCc1cc(N)cc(Br)n1. The van der Waals surface area contributed by atoms with E-state index in [9.17, 15) is 0 Å². The van der Waals surface area contributed by atoms with Crippen LogP contribution in [-0.4, -0.2) is 4.98 Å². The van der Waals surface area contributed by atoms with E-state index >= 15 is 0 Å². The van der Waals surface area contributed by atoms with Gasteiger partial charge in [-0.25, -0.2) is 4.98 Å². The molecule has 4 N–H and O–H groups in total. The number of hydrogen-bond acceptors (Lipinski definition) is 3. The van der Waals surface area contributed by atoms with E-state index in [0.29, 0.717) is 12.2 Å². The predicted molar refractivity (Wildman–Crippen MR) is 44.2 cm³/mol. The molecular formula is C6H8BrN3. The van der Waals surface area contributed by atoms with Gasteiger partial charge in [0.25, 0.3) is 0 Å². The van der Waals surface area contributed by atoms with Crippen LogP contribution in [0.4, 0.5) is 5.69 Å². The number of rotatable bonds is 1. The topological polar surface area (TPSA) is 64.9 Å². The second kappa shape index (κ2) is 2.98. The zero-order chi connectivity index (χ0) is 7.56. The first-order chi connectivity index (χ1) is 4.72. The minimum absolute atomic E-state index is 0.420. The van der Waals surface area contributed by atoms with E-state index in [4.69, 9.17) is 11.5 Å². The van der Waals surface area contributed by atoms with Crippen LogP contribution in [0.1, 0.15) is 5.69 Å². The van der Waals surface area contributed by atoms with Gasteiger partial charge in [-0.15, -0.1) is 0 Å². The molecule has 1 rings (SSSR count). The number of hydrogen-bond donors (Lipinski definition) is 2. The van der Waals surface area contributed by atoms with Gasteiger partial charge in [-0.05, 0) is 28.1 Å². The monoisotopic (exact) mass is 201 g/mol. The Labute approximate surface area is 67.6 Å². The third-order valence-corrected chi connectivity index (χ3v) is 1.48. The Hall–Kier alpha value is -0.610. The Kier molecular flexibility index (Phi) is 2.24. The quantitative estimate of drug-likeness (QED) is 0.664. The number of halogens is 1. The van der Waals surface area contributed by atoms with Gasteiger partial charge in [0.15, 0.2) is 0 Å². The first kappa shape index (κ1) is 7.50. The van der Waals surface area contributed by atoms with Crippen molar-refractivity contribution in [3.8, 4) is 0 Å². The second-order valence-electron chi connectivity index (χ2n) is 1.92. The number of nitrogens with two attached hydrogens (primary N) is 2. The molecule has 1 aromatic rings. The molecule has 0 atom stereocenters. The van der Waals surface area contributed by atoms with Gasteiger partial charge >= 0.3 is 0 Å². The number of nitrogen functional groups attached to an aromatic ring is 1. The molecule has 0 aromatic carbocycles. The summed E-state index contributed by atoms with van der Waals surface area (Å²) in [6.45, 7) is 0.420. The van der Waals surface area contributed by atoms with Gasteiger partial charge < -0.3 is 11.5 Å². The fraction of sp³-hybridized carbons (Fsp3) is 0.167. The predicted octanol–water partition coefficient (Wildman–Crippen LogP) is 0.885. The smallest absolute Gasteiger partial charge is 0.108 e. The molecule has 1 aromatic heterocycles. The van der Waals surface area contributed by atoms with Crippen molar-refractivity contribution in [1.82, 2.24) is 4.98 Å². The number of nitrogens with zero attached hydrogens (tertiary/aromatic N) is 1. The fourth-order valence-electron chi connectivity index (χ4n) is 0.678.